The number of allylic oxidation sites excluding steroid dienone is 1. The van der Waals surface area contributed by atoms with Gasteiger partial charge in [-0.3, -0.25) is 4.79 Å². The molecule has 0 spiro atoms. The molecule has 5 aliphatic rings. The molecule has 0 bridgehead atoms. The van der Waals surface area contributed by atoms with Crippen LogP contribution in [0.15, 0.2) is 12.2 Å². The van der Waals surface area contributed by atoms with Crippen molar-refractivity contribution >= 4 is 5.78 Å². The number of ketones is 1. The molecule has 3 heteroatoms. The lowest BCUT2D eigenvalue weighted by Crippen LogP contribution is -2.61. The maximum absolute atomic E-state index is 12.7. The fourth-order valence-corrected chi connectivity index (χ4v) is 7.53. The van der Waals surface area contributed by atoms with Crippen LogP contribution in [0.25, 0.3) is 0 Å². The van der Waals surface area contributed by atoms with E-state index in [-0.39, 0.29) is 23.0 Å². The van der Waals surface area contributed by atoms with Crippen LogP contribution < -0.4 is 0 Å². The van der Waals surface area contributed by atoms with Crippen molar-refractivity contribution < 1.29 is 14.3 Å². The molecule has 4 aliphatic carbocycles. The lowest BCUT2D eigenvalue weighted by atomic mass is 9.45. The summed E-state index contributed by atoms with van der Waals surface area (Å²) in [6, 6.07) is 0. The molecule has 0 aromatic rings. The van der Waals surface area contributed by atoms with E-state index < -0.39 is 5.79 Å². The number of carbonyl (C=O) groups excluding carboxylic acids is 1. The minimum atomic E-state index is -0.507. The highest BCUT2D eigenvalue weighted by Gasteiger charge is 2.67. The van der Waals surface area contributed by atoms with Crippen molar-refractivity contribution in [2.45, 2.75) is 84.2 Å². The van der Waals surface area contributed by atoms with Crippen LogP contribution in [0, 0.1) is 34.5 Å². The van der Waals surface area contributed by atoms with E-state index in [1.54, 1.807) is 0 Å². The van der Waals surface area contributed by atoms with Crippen molar-refractivity contribution in [3.8, 4) is 0 Å². The van der Waals surface area contributed by atoms with Gasteiger partial charge in [0.2, 0.25) is 0 Å². The Morgan fingerprint density at radius 2 is 1.76 bits per heavy atom. The molecule has 5 rings (SSSR count). The minimum Gasteiger partial charge on any atom is -0.344 e. The highest BCUT2D eigenvalue weighted by atomic mass is 16.8. The van der Waals surface area contributed by atoms with E-state index in [1.165, 1.54) is 19.3 Å². The molecule has 25 heavy (non-hydrogen) atoms. The van der Waals surface area contributed by atoms with Crippen molar-refractivity contribution in [1.82, 2.24) is 0 Å². The zero-order chi connectivity index (χ0) is 17.6. The Morgan fingerprint density at radius 1 is 1.00 bits per heavy atom. The second-order valence-electron chi connectivity index (χ2n) is 10.3. The van der Waals surface area contributed by atoms with Gasteiger partial charge in [0.15, 0.2) is 5.79 Å². The van der Waals surface area contributed by atoms with E-state index in [9.17, 15) is 4.79 Å². The average Bonchev–Trinajstić information content (AvgIpc) is 3.03. The Morgan fingerprint density at radius 3 is 2.56 bits per heavy atom. The first kappa shape index (κ1) is 16.5. The van der Waals surface area contributed by atoms with Gasteiger partial charge < -0.3 is 9.47 Å². The molecule has 4 fully saturated rings. The van der Waals surface area contributed by atoms with E-state index in [2.05, 4.69) is 39.8 Å². The Balaban J connectivity index is 1.62. The van der Waals surface area contributed by atoms with Gasteiger partial charge in [-0.1, -0.05) is 26.0 Å². The van der Waals surface area contributed by atoms with Crippen LogP contribution in [-0.4, -0.2) is 23.8 Å². The summed E-state index contributed by atoms with van der Waals surface area (Å²) in [6.07, 6.45) is 11.6. The van der Waals surface area contributed by atoms with Gasteiger partial charge in [0.25, 0.3) is 0 Å². The third kappa shape index (κ3) is 2.03. The third-order valence-electron chi connectivity index (χ3n) is 8.74. The summed E-state index contributed by atoms with van der Waals surface area (Å²) in [5.41, 5.74) is 0.173. The Hall–Kier alpha value is -0.670. The van der Waals surface area contributed by atoms with Crippen LogP contribution in [0.5, 0.6) is 0 Å². The largest absolute Gasteiger partial charge is 0.344 e. The molecule has 0 radical (unpaired) electrons. The molecular weight excluding hydrogens is 312 g/mol. The standard InChI is InChI=1S/C22H32O3/c1-20(2)24-18-15-7-5-6-11-21(15,3)14-10-12-22(4)13(8-9-16(22)23)17(14)19(18)25-20/h5,7,13-15,17-19H,6,8-12H2,1-4H3/t13-,14-,15+,17-,18+,19+,21+,22-/m0/s1. The fraction of sp³-hybridized carbons (Fsp3) is 0.864. The number of Topliss-reactive ketones (excluding diaryl/α,β-unsaturated/α-hetero) is 1. The number of ether oxygens (including phenoxy) is 2. The maximum Gasteiger partial charge on any atom is 0.163 e. The number of hydrogen-bond donors (Lipinski definition) is 0. The molecule has 1 aliphatic heterocycles. The first-order chi connectivity index (χ1) is 11.8. The fourth-order valence-electron chi connectivity index (χ4n) is 7.53. The lowest BCUT2D eigenvalue weighted by Gasteiger charge is -2.61. The molecule has 8 atom stereocenters. The van der Waals surface area contributed by atoms with Crippen LogP contribution in [0.2, 0.25) is 0 Å². The summed E-state index contributed by atoms with van der Waals surface area (Å²) >= 11 is 0. The van der Waals surface area contributed by atoms with Crippen molar-refractivity contribution in [1.29, 1.82) is 0 Å². The smallest absolute Gasteiger partial charge is 0.163 e. The summed E-state index contributed by atoms with van der Waals surface area (Å²) in [4.78, 5) is 12.7. The highest BCUT2D eigenvalue weighted by Crippen LogP contribution is 2.67. The van der Waals surface area contributed by atoms with Crippen LogP contribution in [-0.2, 0) is 14.3 Å². The van der Waals surface area contributed by atoms with Crippen molar-refractivity contribution in [2.75, 3.05) is 0 Å². The predicted octanol–water partition coefficient (Wildman–Crippen LogP) is 4.50. The van der Waals surface area contributed by atoms with Gasteiger partial charge >= 0.3 is 0 Å². The summed E-state index contributed by atoms with van der Waals surface area (Å²) in [5, 5.41) is 0. The van der Waals surface area contributed by atoms with Crippen molar-refractivity contribution in [3.05, 3.63) is 12.2 Å². The Bertz CT molecular complexity index is 637. The van der Waals surface area contributed by atoms with Crippen molar-refractivity contribution in [3.63, 3.8) is 0 Å². The van der Waals surface area contributed by atoms with Gasteiger partial charge in [-0.15, -0.1) is 0 Å². The van der Waals surface area contributed by atoms with Gasteiger partial charge in [-0.2, -0.15) is 0 Å². The van der Waals surface area contributed by atoms with Gasteiger partial charge in [0.1, 0.15) is 5.78 Å². The SMILES string of the molecule is CC1(C)O[C@H]2[C@H](O1)[C@H]1C=CCC[C@]1(C)[C@H]1CC[C@]3(C)C(=O)CC[C@H]3[C@H]21. The Labute approximate surface area is 151 Å². The molecule has 0 aromatic carbocycles. The summed E-state index contributed by atoms with van der Waals surface area (Å²) in [7, 11) is 0. The molecule has 138 valence electrons. The van der Waals surface area contributed by atoms with E-state index in [1.807, 2.05) is 0 Å². The average molecular weight is 344 g/mol. The topological polar surface area (TPSA) is 35.5 Å². The zero-order valence-electron chi connectivity index (χ0n) is 16.1. The van der Waals surface area contributed by atoms with Crippen LogP contribution in [0.1, 0.15) is 66.2 Å². The summed E-state index contributed by atoms with van der Waals surface area (Å²) in [6.45, 7) is 8.87. The third-order valence-corrected chi connectivity index (χ3v) is 8.74. The Kier molecular flexibility index (Phi) is 3.29. The van der Waals surface area contributed by atoms with E-state index in [0.717, 1.165) is 19.3 Å². The van der Waals surface area contributed by atoms with Gasteiger partial charge in [-0.25, -0.2) is 0 Å². The van der Waals surface area contributed by atoms with Crippen LogP contribution >= 0.6 is 0 Å². The lowest BCUT2D eigenvalue weighted by molar-refractivity contribution is -0.167. The molecule has 3 saturated carbocycles. The monoisotopic (exact) mass is 344 g/mol. The normalized spacial score (nSPS) is 56.1. The molecule has 1 saturated heterocycles. The van der Waals surface area contributed by atoms with Gasteiger partial charge in [-0.05, 0) is 69.1 Å². The van der Waals surface area contributed by atoms with E-state index in [4.69, 9.17) is 9.47 Å². The first-order valence-electron chi connectivity index (χ1n) is 10.3. The molecule has 3 nitrogen and oxygen atoms in total. The molecule has 1 heterocycles. The number of fused-ring (bicyclic) bond motifs is 8. The highest BCUT2D eigenvalue weighted by molar-refractivity contribution is 5.87. The first-order valence-corrected chi connectivity index (χ1v) is 10.3. The maximum atomic E-state index is 12.7. The van der Waals surface area contributed by atoms with Gasteiger partial charge in [0, 0.05) is 17.8 Å². The number of carbonyl (C=O) groups is 1. The zero-order valence-corrected chi connectivity index (χ0v) is 16.1. The summed E-state index contributed by atoms with van der Waals surface area (Å²) < 4.78 is 13.0. The van der Waals surface area contributed by atoms with Gasteiger partial charge in [0.05, 0.1) is 12.2 Å². The minimum absolute atomic E-state index is 0.116. The molecule has 0 aromatic heterocycles. The van der Waals surface area contributed by atoms with Crippen LogP contribution in [0.4, 0.5) is 0 Å². The predicted molar refractivity (Wildman–Crippen MR) is 95.8 cm³/mol. The van der Waals surface area contributed by atoms with E-state index >= 15 is 0 Å². The number of hydrogen-bond acceptors (Lipinski definition) is 3. The molecule has 0 amide bonds. The quantitative estimate of drug-likeness (QED) is 0.607. The molecule has 0 N–H and O–H groups in total. The number of rotatable bonds is 0. The molecule has 0 unspecified atom stereocenters. The molecular formula is C22H32O3. The van der Waals surface area contributed by atoms with Crippen LogP contribution in [0.3, 0.4) is 0 Å². The second kappa shape index (κ2) is 4.98. The summed E-state index contributed by atoms with van der Waals surface area (Å²) in [5.74, 6) is 2.06. The van der Waals surface area contributed by atoms with E-state index in [0.29, 0.717) is 29.5 Å². The van der Waals surface area contributed by atoms with Crippen molar-refractivity contribution in [2.24, 2.45) is 34.5 Å². The second-order valence-corrected chi connectivity index (χ2v) is 10.3.